The first kappa shape index (κ1) is 10.5. The summed E-state index contributed by atoms with van der Waals surface area (Å²) in [5.41, 5.74) is 7.08. The first-order chi connectivity index (χ1) is 7.22. The summed E-state index contributed by atoms with van der Waals surface area (Å²) in [6.45, 7) is 3.76. The molecule has 1 aliphatic heterocycles. The van der Waals surface area contributed by atoms with E-state index in [1.165, 1.54) is 5.56 Å². The van der Waals surface area contributed by atoms with E-state index in [9.17, 15) is 0 Å². The lowest BCUT2D eigenvalue weighted by Gasteiger charge is -2.24. The number of benzene rings is 1. The van der Waals surface area contributed by atoms with Crippen LogP contribution >= 0.6 is 15.9 Å². The molecule has 0 saturated carbocycles. The second-order valence-electron chi connectivity index (χ2n) is 3.55. The van der Waals surface area contributed by atoms with Crippen molar-refractivity contribution in [1.29, 1.82) is 0 Å². The van der Waals surface area contributed by atoms with Crippen LogP contribution in [-0.4, -0.2) is 23.9 Å². The first-order valence-electron chi connectivity index (χ1n) is 5.04. The number of likely N-dealkylation sites (N-methyl/N-ethyl adjacent to an activating group) is 1. The summed E-state index contributed by atoms with van der Waals surface area (Å²) >= 11 is 3.43. The summed E-state index contributed by atoms with van der Waals surface area (Å²) in [6.07, 6.45) is 0. The van der Waals surface area contributed by atoms with E-state index in [0.29, 0.717) is 12.0 Å². The zero-order chi connectivity index (χ0) is 10.8. The van der Waals surface area contributed by atoms with Gasteiger partial charge in [-0.1, -0.05) is 28.1 Å². The van der Waals surface area contributed by atoms with Gasteiger partial charge in [0.2, 0.25) is 0 Å². The Balaban J connectivity index is 2.22. The molecule has 1 aromatic rings. The summed E-state index contributed by atoms with van der Waals surface area (Å²) in [5, 5.41) is 0. The molecule has 0 bridgehead atoms. The number of aliphatic imine (C=N–C) groups is 1. The largest absolute Gasteiger partial charge is 0.370 e. The molecule has 0 spiro atoms. The molecule has 0 aromatic heterocycles. The van der Waals surface area contributed by atoms with Crippen molar-refractivity contribution in [1.82, 2.24) is 4.90 Å². The van der Waals surface area contributed by atoms with Crippen molar-refractivity contribution < 1.29 is 0 Å². The predicted octanol–water partition coefficient (Wildman–Crippen LogP) is 2.14. The molecule has 0 fully saturated rings. The van der Waals surface area contributed by atoms with Crippen LogP contribution in [0.1, 0.15) is 18.5 Å². The third-order valence-corrected chi connectivity index (χ3v) is 3.22. The molecule has 1 unspecified atom stereocenters. The molecule has 80 valence electrons. The second kappa shape index (κ2) is 4.23. The van der Waals surface area contributed by atoms with E-state index < -0.39 is 0 Å². The lowest BCUT2D eigenvalue weighted by molar-refractivity contribution is 0.364. The normalized spacial score (nSPS) is 20.5. The molecule has 15 heavy (non-hydrogen) atoms. The molecule has 3 nitrogen and oxygen atoms in total. The number of hydrogen-bond acceptors (Lipinski definition) is 3. The number of rotatable bonds is 2. The molecule has 1 aromatic carbocycles. The maximum atomic E-state index is 5.81. The molecule has 0 aliphatic carbocycles. The number of guanidine groups is 1. The van der Waals surface area contributed by atoms with Gasteiger partial charge in [0.05, 0.1) is 12.6 Å². The van der Waals surface area contributed by atoms with E-state index >= 15 is 0 Å². The smallest absolute Gasteiger partial charge is 0.191 e. The summed E-state index contributed by atoms with van der Waals surface area (Å²) in [6, 6.07) is 8.65. The van der Waals surface area contributed by atoms with Crippen molar-refractivity contribution >= 4 is 21.9 Å². The molecule has 2 rings (SSSR count). The van der Waals surface area contributed by atoms with Gasteiger partial charge < -0.3 is 10.6 Å². The Morgan fingerprint density at radius 2 is 2.13 bits per heavy atom. The van der Waals surface area contributed by atoms with Gasteiger partial charge in [-0.3, -0.25) is 4.99 Å². The Kier molecular flexibility index (Phi) is 2.95. The lowest BCUT2D eigenvalue weighted by atomic mass is 10.1. The Hall–Kier alpha value is -1.03. The van der Waals surface area contributed by atoms with Crippen molar-refractivity contribution in [3.63, 3.8) is 0 Å². The van der Waals surface area contributed by atoms with Crippen molar-refractivity contribution in [2.45, 2.75) is 13.0 Å². The molecule has 0 radical (unpaired) electrons. The standard InChI is InChI=1S/C11H14BrN3/c1-2-15-10(7-14-11(15)13)8-3-5-9(12)6-4-8/h3-6,10H,2,7H2,1H3,(H2,13,14). The second-order valence-corrected chi connectivity index (χ2v) is 4.47. The zero-order valence-corrected chi connectivity index (χ0v) is 10.2. The summed E-state index contributed by atoms with van der Waals surface area (Å²) in [4.78, 5) is 6.41. The van der Waals surface area contributed by atoms with Crippen molar-refractivity contribution in [3.05, 3.63) is 34.3 Å². The average molecular weight is 268 g/mol. The van der Waals surface area contributed by atoms with Crippen molar-refractivity contribution in [3.8, 4) is 0 Å². The molecular formula is C11H14BrN3. The zero-order valence-electron chi connectivity index (χ0n) is 8.65. The van der Waals surface area contributed by atoms with Gasteiger partial charge in [-0.2, -0.15) is 0 Å². The third-order valence-electron chi connectivity index (χ3n) is 2.69. The van der Waals surface area contributed by atoms with Gasteiger partial charge in [0, 0.05) is 11.0 Å². The summed E-state index contributed by atoms with van der Waals surface area (Å²) in [7, 11) is 0. The van der Waals surface area contributed by atoms with Gasteiger partial charge in [0.1, 0.15) is 0 Å². The number of nitrogens with two attached hydrogens (primary N) is 1. The Bertz CT molecular complexity index is 372. The van der Waals surface area contributed by atoms with Gasteiger partial charge in [0.25, 0.3) is 0 Å². The molecule has 0 amide bonds. The average Bonchev–Trinajstić information content (AvgIpc) is 2.61. The molecular weight excluding hydrogens is 254 g/mol. The predicted molar refractivity (Wildman–Crippen MR) is 65.8 cm³/mol. The Morgan fingerprint density at radius 3 is 2.73 bits per heavy atom. The van der Waals surface area contributed by atoms with Gasteiger partial charge in [-0.25, -0.2) is 0 Å². The van der Waals surface area contributed by atoms with Gasteiger partial charge in [-0.15, -0.1) is 0 Å². The molecule has 1 atom stereocenters. The van der Waals surface area contributed by atoms with E-state index in [1.54, 1.807) is 0 Å². The minimum absolute atomic E-state index is 0.308. The van der Waals surface area contributed by atoms with Gasteiger partial charge in [0.15, 0.2) is 5.96 Å². The van der Waals surface area contributed by atoms with Crippen LogP contribution in [0.4, 0.5) is 0 Å². The highest BCUT2D eigenvalue weighted by molar-refractivity contribution is 9.10. The van der Waals surface area contributed by atoms with Crippen LogP contribution in [0.25, 0.3) is 0 Å². The summed E-state index contributed by atoms with van der Waals surface area (Å²) in [5.74, 6) is 0.658. The van der Waals surface area contributed by atoms with Crippen molar-refractivity contribution in [2.75, 3.05) is 13.1 Å². The molecule has 2 N–H and O–H groups in total. The highest BCUT2D eigenvalue weighted by atomic mass is 79.9. The summed E-state index contributed by atoms with van der Waals surface area (Å²) < 4.78 is 1.10. The fourth-order valence-corrected chi connectivity index (χ4v) is 2.15. The third kappa shape index (κ3) is 2.00. The fourth-order valence-electron chi connectivity index (χ4n) is 1.88. The van der Waals surface area contributed by atoms with Crippen LogP contribution < -0.4 is 5.73 Å². The number of nitrogens with zero attached hydrogens (tertiary/aromatic N) is 2. The van der Waals surface area contributed by atoms with Gasteiger partial charge in [-0.05, 0) is 24.6 Å². The topological polar surface area (TPSA) is 41.6 Å². The van der Waals surface area contributed by atoms with Crippen LogP contribution in [-0.2, 0) is 0 Å². The van der Waals surface area contributed by atoms with Crippen molar-refractivity contribution in [2.24, 2.45) is 10.7 Å². The van der Waals surface area contributed by atoms with E-state index in [2.05, 4.69) is 57.0 Å². The molecule has 0 saturated heterocycles. The van der Waals surface area contributed by atoms with Crippen LogP contribution in [0.5, 0.6) is 0 Å². The molecule has 4 heteroatoms. The maximum absolute atomic E-state index is 5.81. The number of halogens is 1. The first-order valence-corrected chi connectivity index (χ1v) is 5.83. The Labute approximate surface area is 98.1 Å². The van der Waals surface area contributed by atoms with E-state index in [4.69, 9.17) is 5.73 Å². The SMILES string of the molecule is CCN1C(N)=NCC1c1ccc(Br)cc1. The quantitative estimate of drug-likeness (QED) is 0.892. The fraction of sp³-hybridized carbons (Fsp3) is 0.364. The van der Waals surface area contributed by atoms with Crippen LogP contribution in [0.15, 0.2) is 33.7 Å². The van der Waals surface area contributed by atoms with E-state index in [0.717, 1.165) is 17.6 Å². The molecule has 1 heterocycles. The van der Waals surface area contributed by atoms with Crippen LogP contribution in [0.2, 0.25) is 0 Å². The van der Waals surface area contributed by atoms with Gasteiger partial charge >= 0.3 is 0 Å². The minimum atomic E-state index is 0.308. The monoisotopic (exact) mass is 267 g/mol. The highest BCUT2D eigenvalue weighted by Crippen LogP contribution is 2.26. The Morgan fingerprint density at radius 1 is 1.47 bits per heavy atom. The van der Waals surface area contributed by atoms with E-state index in [1.807, 2.05) is 0 Å². The van der Waals surface area contributed by atoms with Crippen LogP contribution in [0.3, 0.4) is 0 Å². The lowest BCUT2D eigenvalue weighted by Crippen LogP contribution is -2.35. The maximum Gasteiger partial charge on any atom is 0.191 e. The van der Waals surface area contributed by atoms with Crippen LogP contribution in [0, 0.1) is 0 Å². The minimum Gasteiger partial charge on any atom is -0.370 e. The molecule has 1 aliphatic rings. The van der Waals surface area contributed by atoms with E-state index in [-0.39, 0.29) is 0 Å². The number of hydrogen-bond donors (Lipinski definition) is 1. The highest BCUT2D eigenvalue weighted by Gasteiger charge is 2.25.